The summed E-state index contributed by atoms with van der Waals surface area (Å²) in [5.74, 6) is 4.43. The zero-order valence-electron chi connectivity index (χ0n) is 10.7. The number of nitrogens with two attached hydrogens (primary N) is 1. The highest BCUT2D eigenvalue weighted by atomic mass is 32.2. The predicted octanol–water partition coefficient (Wildman–Crippen LogP) is -0.00260. The van der Waals surface area contributed by atoms with Crippen LogP contribution in [0.1, 0.15) is 11.4 Å². The van der Waals surface area contributed by atoms with E-state index in [0.29, 0.717) is 0 Å². The summed E-state index contributed by atoms with van der Waals surface area (Å²) in [5, 5.41) is 3.46. The highest BCUT2D eigenvalue weighted by Gasteiger charge is 2.16. The first-order valence-electron chi connectivity index (χ1n) is 5.76. The molecule has 9 heteroatoms. The number of hydrogen-bond donors (Lipinski definition) is 2. The van der Waals surface area contributed by atoms with Crippen molar-refractivity contribution in [3.05, 3.63) is 41.8 Å². The lowest BCUT2D eigenvalue weighted by molar-refractivity contribution is 0.409. The molecule has 7 nitrogen and oxygen atoms in total. The molecule has 0 saturated carbocycles. The Kier molecular flexibility index (Phi) is 4.64. The summed E-state index contributed by atoms with van der Waals surface area (Å²) >= 11 is 0. The van der Waals surface area contributed by atoms with Crippen LogP contribution in [0.25, 0.3) is 0 Å². The van der Waals surface area contributed by atoms with E-state index >= 15 is 0 Å². The second kappa shape index (κ2) is 6.45. The minimum absolute atomic E-state index is 0.0811. The number of nitrogens with one attached hydrogen (secondary N) is 1. The molecule has 1 aromatic heterocycles. The van der Waals surface area contributed by atoms with Crippen LogP contribution in [0.15, 0.2) is 34.0 Å². The topological polar surface area (TPSA) is 111 Å². The van der Waals surface area contributed by atoms with Crippen LogP contribution in [-0.2, 0) is 16.6 Å². The molecule has 3 N–H and O–H groups in total. The second-order valence-electron chi connectivity index (χ2n) is 3.82. The van der Waals surface area contributed by atoms with Gasteiger partial charge in [-0.1, -0.05) is 17.0 Å². The van der Waals surface area contributed by atoms with Crippen molar-refractivity contribution in [1.82, 2.24) is 14.9 Å². The first-order valence-corrected chi connectivity index (χ1v) is 7.24. The van der Waals surface area contributed by atoms with Crippen molar-refractivity contribution in [3.8, 4) is 11.8 Å². The van der Waals surface area contributed by atoms with Crippen LogP contribution in [0, 0.1) is 17.7 Å². The van der Waals surface area contributed by atoms with Crippen molar-refractivity contribution >= 4 is 10.0 Å². The molecule has 0 fully saturated rings. The Hall–Kier alpha value is -2.28. The summed E-state index contributed by atoms with van der Waals surface area (Å²) in [6.45, 7) is -0.0685. The zero-order chi connectivity index (χ0) is 15.3. The van der Waals surface area contributed by atoms with Gasteiger partial charge in [0.05, 0.1) is 23.5 Å². The molecule has 2 aromatic rings. The van der Waals surface area contributed by atoms with Gasteiger partial charge in [-0.15, -0.1) is 0 Å². The van der Waals surface area contributed by atoms with Crippen molar-refractivity contribution in [3.63, 3.8) is 0 Å². The fraction of sp³-hybridized carbons (Fsp3) is 0.167. The molecule has 0 aliphatic rings. The molecule has 1 aromatic carbocycles. The van der Waals surface area contributed by atoms with Gasteiger partial charge in [-0.05, 0) is 18.2 Å². The molecule has 110 valence electrons. The van der Waals surface area contributed by atoms with Crippen LogP contribution in [0.5, 0.6) is 0 Å². The van der Waals surface area contributed by atoms with Crippen molar-refractivity contribution < 1.29 is 17.3 Å². The standard InChI is InChI=1S/C12H11FN4O3S/c13-11-6-10(4-3-9(11)2-1-5-14)21(18,19)16-7-12-15-8-20-17-12/h3-4,6,8,16H,5,7,14H2. The fourth-order valence-corrected chi connectivity index (χ4v) is 2.42. The van der Waals surface area contributed by atoms with E-state index in [1.54, 1.807) is 0 Å². The van der Waals surface area contributed by atoms with Crippen molar-refractivity contribution in [2.75, 3.05) is 6.54 Å². The van der Waals surface area contributed by atoms with Gasteiger partial charge in [0.2, 0.25) is 16.4 Å². The molecule has 2 rings (SSSR count). The van der Waals surface area contributed by atoms with Gasteiger partial charge in [0.15, 0.2) is 5.82 Å². The highest BCUT2D eigenvalue weighted by molar-refractivity contribution is 7.89. The van der Waals surface area contributed by atoms with Crippen LogP contribution in [0.4, 0.5) is 4.39 Å². The largest absolute Gasteiger partial charge is 0.343 e. The third-order valence-corrected chi connectivity index (χ3v) is 3.80. The number of hydrogen-bond acceptors (Lipinski definition) is 6. The third kappa shape index (κ3) is 3.85. The van der Waals surface area contributed by atoms with Gasteiger partial charge in [0.1, 0.15) is 5.82 Å². The lowest BCUT2D eigenvalue weighted by atomic mass is 10.2. The summed E-state index contributed by atoms with van der Waals surface area (Å²) in [7, 11) is -3.88. The van der Waals surface area contributed by atoms with Crippen molar-refractivity contribution in [1.29, 1.82) is 0 Å². The molecular formula is C12H11FN4O3S. The van der Waals surface area contributed by atoms with Crippen LogP contribution in [0.3, 0.4) is 0 Å². The van der Waals surface area contributed by atoms with Crippen LogP contribution in [0.2, 0.25) is 0 Å². The predicted molar refractivity (Wildman–Crippen MR) is 70.7 cm³/mol. The molecule has 0 spiro atoms. The van der Waals surface area contributed by atoms with Gasteiger partial charge in [0, 0.05) is 0 Å². The number of aromatic nitrogens is 2. The van der Waals surface area contributed by atoms with Crippen molar-refractivity contribution in [2.45, 2.75) is 11.4 Å². The van der Waals surface area contributed by atoms with Gasteiger partial charge in [-0.2, -0.15) is 4.98 Å². The molecule has 0 aliphatic heterocycles. The highest BCUT2D eigenvalue weighted by Crippen LogP contribution is 2.14. The smallest absolute Gasteiger partial charge is 0.241 e. The van der Waals surface area contributed by atoms with Gasteiger partial charge in [-0.3, -0.25) is 0 Å². The number of benzene rings is 1. The molecule has 0 radical (unpaired) electrons. The monoisotopic (exact) mass is 310 g/mol. The summed E-state index contributed by atoms with van der Waals surface area (Å²) < 4.78 is 44.4. The van der Waals surface area contributed by atoms with Gasteiger partial charge in [-0.25, -0.2) is 17.5 Å². The Morgan fingerprint density at radius 2 is 2.24 bits per heavy atom. The summed E-state index contributed by atoms with van der Waals surface area (Å²) in [6, 6.07) is 3.42. The molecule has 0 aliphatic carbocycles. The second-order valence-corrected chi connectivity index (χ2v) is 5.59. The Balaban J connectivity index is 2.18. The average molecular weight is 310 g/mol. The normalized spacial score (nSPS) is 11.0. The maximum absolute atomic E-state index is 13.7. The lowest BCUT2D eigenvalue weighted by Crippen LogP contribution is -2.24. The molecule has 0 bridgehead atoms. The molecule has 0 unspecified atom stereocenters. The SMILES string of the molecule is NCC#Cc1ccc(S(=O)(=O)NCc2ncon2)cc1F. The summed E-state index contributed by atoms with van der Waals surface area (Å²) in [4.78, 5) is 3.45. The van der Waals surface area contributed by atoms with E-state index in [1.165, 1.54) is 12.1 Å². The zero-order valence-corrected chi connectivity index (χ0v) is 11.5. The van der Waals surface area contributed by atoms with E-state index in [-0.39, 0.29) is 29.4 Å². The van der Waals surface area contributed by atoms with Crippen LogP contribution >= 0.6 is 0 Å². The van der Waals surface area contributed by atoms with Crippen molar-refractivity contribution in [2.24, 2.45) is 5.73 Å². The number of halogens is 1. The molecule has 1 heterocycles. The van der Waals surface area contributed by atoms with Gasteiger partial charge >= 0.3 is 0 Å². The summed E-state index contributed by atoms with van der Waals surface area (Å²) in [6.07, 6.45) is 1.08. The minimum Gasteiger partial charge on any atom is -0.343 e. The van der Waals surface area contributed by atoms with E-state index in [9.17, 15) is 12.8 Å². The molecular weight excluding hydrogens is 299 g/mol. The number of sulfonamides is 1. The maximum atomic E-state index is 13.7. The summed E-state index contributed by atoms with van der Waals surface area (Å²) in [5.41, 5.74) is 5.27. The molecule has 0 atom stereocenters. The van der Waals surface area contributed by atoms with E-state index in [2.05, 4.69) is 31.2 Å². The van der Waals surface area contributed by atoms with E-state index < -0.39 is 15.8 Å². The molecule has 21 heavy (non-hydrogen) atoms. The number of rotatable bonds is 4. The van der Waals surface area contributed by atoms with E-state index in [1.807, 2.05) is 0 Å². The Bertz CT molecular complexity index is 779. The first-order chi connectivity index (χ1) is 10.0. The minimum atomic E-state index is -3.88. The maximum Gasteiger partial charge on any atom is 0.241 e. The van der Waals surface area contributed by atoms with E-state index in [4.69, 9.17) is 5.73 Å². The van der Waals surface area contributed by atoms with Gasteiger partial charge in [0.25, 0.3) is 0 Å². The van der Waals surface area contributed by atoms with E-state index in [0.717, 1.165) is 12.5 Å². The fourth-order valence-electron chi connectivity index (χ4n) is 1.42. The Morgan fingerprint density at radius 3 is 2.86 bits per heavy atom. The molecule has 0 amide bonds. The van der Waals surface area contributed by atoms with Crippen LogP contribution in [-0.4, -0.2) is 25.1 Å². The first kappa shape index (κ1) is 15.1. The van der Waals surface area contributed by atoms with Crippen LogP contribution < -0.4 is 10.5 Å². The average Bonchev–Trinajstić information content (AvgIpc) is 2.97. The molecule has 0 saturated heterocycles. The Labute approximate surface area is 120 Å². The lowest BCUT2D eigenvalue weighted by Gasteiger charge is -2.05. The third-order valence-electron chi connectivity index (χ3n) is 2.40. The Morgan fingerprint density at radius 1 is 1.43 bits per heavy atom. The number of nitrogens with zero attached hydrogens (tertiary/aromatic N) is 2. The van der Waals surface area contributed by atoms with Gasteiger partial charge < -0.3 is 10.3 Å². The quantitative estimate of drug-likeness (QED) is 0.769.